The number of aromatic nitrogens is 2. The fourth-order valence-corrected chi connectivity index (χ4v) is 8.77. The van der Waals surface area contributed by atoms with Gasteiger partial charge in [-0.15, -0.1) is 11.6 Å². The van der Waals surface area contributed by atoms with Gasteiger partial charge in [0.15, 0.2) is 0 Å². The molecule has 5 N–H and O–H groups in total. The lowest BCUT2D eigenvalue weighted by molar-refractivity contribution is 0.185. The van der Waals surface area contributed by atoms with Crippen LogP contribution in [0.15, 0.2) is 118 Å². The minimum atomic E-state index is 0.194. The first-order valence-corrected chi connectivity index (χ1v) is 22.8. The van der Waals surface area contributed by atoms with Crippen LogP contribution in [0.5, 0.6) is 11.5 Å². The van der Waals surface area contributed by atoms with Gasteiger partial charge in [0.25, 0.3) is 0 Å². The van der Waals surface area contributed by atoms with Crippen LogP contribution >= 0.6 is 43.5 Å². The number of aryl methyl sites for hydroxylation is 2. The Labute approximate surface area is 382 Å². The van der Waals surface area contributed by atoms with Crippen LogP contribution < -0.4 is 20.5 Å². The van der Waals surface area contributed by atoms with Crippen molar-refractivity contribution in [1.29, 1.82) is 0 Å². The molecule has 0 saturated heterocycles. The van der Waals surface area contributed by atoms with E-state index in [1.807, 2.05) is 48.5 Å². The van der Waals surface area contributed by atoms with E-state index in [9.17, 15) is 0 Å². The van der Waals surface area contributed by atoms with Crippen LogP contribution in [0, 0.1) is 0 Å². The Morgan fingerprint density at radius 2 is 1.07 bits per heavy atom. The second-order valence-electron chi connectivity index (χ2n) is 15.3. The lowest BCUT2D eigenvalue weighted by atomic mass is 9.91. The van der Waals surface area contributed by atoms with Gasteiger partial charge < -0.3 is 40.0 Å². The molecule has 7 aromatic rings. The molecule has 2 aliphatic carbocycles. The van der Waals surface area contributed by atoms with Crippen LogP contribution in [0.4, 0.5) is 0 Å². The molecule has 5 aromatic carbocycles. The number of H-pyrrole nitrogens is 2. The third-order valence-electron chi connectivity index (χ3n) is 11.1. The second-order valence-corrected chi connectivity index (χ2v) is 17.3. The van der Waals surface area contributed by atoms with Crippen LogP contribution in [0.25, 0.3) is 21.8 Å². The summed E-state index contributed by atoms with van der Waals surface area (Å²) in [6.07, 6.45) is 7.03. The smallest absolute Gasteiger partial charge is 0.118 e. The molecular weight excluding hydrogens is 916 g/mol. The molecule has 0 amide bonds. The SMILES string of the molecule is COCc1ccc(CN[C@@H]2CCCc3c2[nH]c2ccc(Br)cc32)cc1.COCc1ccc(OC)cc1.COc1ccc(CCl)cc1.N[C@@H]1CCCc2c1[nH]c1ccc(Br)cc21. The van der Waals surface area contributed by atoms with Crippen molar-refractivity contribution in [2.45, 2.75) is 76.2 Å². The van der Waals surface area contributed by atoms with Gasteiger partial charge in [-0.05, 0) is 133 Å². The molecule has 0 saturated carbocycles. The number of rotatable bonds is 10. The predicted molar refractivity (Wildman–Crippen MR) is 258 cm³/mol. The largest absolute Gasteiger partial charge is 0.497 e. The number of aromatic amines is 2. The lowest BCUT2D eigenvalue weighted by Gasteiger charge is -2.24. The highest BCUT2D eigenvalue weighted by molar-refractivity contribution is 9.10. The summed E-state index contributed by atoms with van der Waals surface area (Å²) in [5, 5.41) is 6.44. The Morgan fingerprint density at radius 3 is 1.57 bits per heavy atom. The monoisotopic (exact) mass is 970 g/mol. The van der Waals surface area contributed by atoms with Crippen molar-refractivity contribution in [1.82, 2.24) is 15.3 Å². The standard InChI is InChI=1S/C21H23BrN2O.C12H13BrN2.C9H12O2.C8H9ClO/c1-25-13-15-7-5-14(6-8-15)12-23-20-4-2-3-17-18-11-16(22)9-10-19(18)24-21(17)20;13-7-4-5-11-9(6-7)8-2-1-3-10(14)12(8)15-11;1-10-7-8-3-5-9(11-2)6-4-8;1-10-8-4-2-7(6-9)3-5-8/h5-11,20,23-24H,2-4,12-13H2,1H3;4-6,10,15H,1-3,14H2;3-6H,7H2,1-2H3;2-5H,6H2,1H3/t20-;10-;;/m11../s1. The summed E-state index contributed by atoms with van der Waals surface area (Å²) in [4.78, 5) is 7.10. The third kappa shape index (κ3) is 12.7. The summed E-state index contributed by atoms with van der Waals surface area (Å²) in [6.45, 7) is 2.21. The zero-order chi connectivity index (χ0) is 43.1. The van der Waals surface area contributed by atoms with Crippen molar-refractivity contribution in [3.05, 3.63) is 163 Å². The number of ether oxygens (including phenoxy) is 4. The Balaban J connectivity index is 0.000000147. The van der Waals surface area contributed by atoms with Crippen LogP contribution in [-0.2, 0) is 48.0 Å². The number of nitrogens with one attached hydrogen (secondary N) is 3. The number of hydrogen-bond acceptors (Lipinski definition) is 6. The van der Waals surface area contributed by atoms with Gasteiger partial charge >= 0.3 is 0 Å². The molecule has 61 heavy (non-hydrogen) atoms. The van der Waals surface area contributed by atoms with Crippen LogP contribution in [0.2, 0.25) is 0 Å². The maximum atomic E-state index is 6.11. The maximum Gasteiger partial charge on any atom is 0.118 e. The number of alkyl halides is 1. The molecule has 2 heterocycles. The number of nitrogens with two attached hydrogens (primary N) is 1. The summed E-state index contributed by atoms with van der Waals surface area (Å²) in [6, 6.07) is 37.7. The number of hydrogen-bond donors (Lipinski definition) is 4. The quantitative estimate of drug-likeness (QED) is 0.102. The molecule has 322 valence electrons. The first-order chi connectivity index (χ1) is 29.7. The minimum absolute atomic E-state index is 0.194. The van der Waals surface area contributed by atoms with Gasteiger partial charge in [-0.25, -0.2) is 0 Å². The summed E-state index contributed by atoms with van der Waals surface area (Å²) < 4.78 is 22.4. The highest BCUT2D eigenvalue weighted by Crippen LogP contribution is 2.37. The van der Waals surface area contributed by atoms with Gasteiger partial charge in [0.05, 0.1) is 27.4 Å². The van der Waals surface area contributed by atoms with E-state index in [4.69, 9.17) is 36.3 Å². The van der Waals surface area contributed by atoms with Crippen LogP contribution in [-0.4, -0.2) is 38.4 Å². The number of benzene rings is 5. The zero-order valence-corrected chi connectivity index (χ0v) is 39.4. The van der Waals surface area contributed by atoms with Gasteiger partial charge in [-0.3, -0.25) is 0 Å². The molecule has 8 nitrogen and oxygen atoms in total. The van der Waals surface area contributed by atoms with Crippen molar-refractivity contribution in [3.63, 3.8) is 0 Å². The zero-order valence-electron chi connectivity index (χ0n) is 35.5. The molecule has 2 aliphatic rings. The van der Waals surface area contributed by atoms with E-state index in [2.05, 4.69) is 108 Å². The molecule has 0 bridgehead atoms. The van der Waals surface area contributed by atoms with Gasteiger partial charge in [-0.1, -0.05) is 80.4 Å². The minimum Gasteiger partial charge on any atom is -0.497 e. The second kappa shape index (κ2) is 23.4. The Kier molecular flexibility index (Phi) is 17.8. The summed E-state index contributed by atoms with van der Waals surface area (Å²) in [5.41, 5.74) is 18.9. The van der Waals surface area contributed by atoms with Crippen molar-refractivity contribution >= 4 is 65.3 Å². The predicted octanol–water partition coefficient (Wildman–Crippen LogP) is 12.8. The molecule has 2 atom stereocenters. The molecule has 11 heteroatoms. The normalized spacial score (nSPS) is 15.3. The van der Waals surface area contributed by atoms with E-state index in [1.54, 1.807) is 28.4 Å². The fraction of sp³-hybridized carbons (Fsp3) is 0.320. The van der Waals surface area contributed by atoms with Crippen molar-refractivity contribution < 1.29 is 18.9 Å². The van der Waals surface area contributed by atoms with Crippen molar-refractivity contribution in [3.8, 4) is 11.5 Å². The average molecular weight is 973 g/mol. The van der Waals surface area contributed by atoms with E-state index in [-0.39, 0.29) is 6.04 Å². The van der Waals surface area contributed by atoms with E-state index < -0.39 is 0 Å². The maximum absolute atomic E-state index is 6.11. The average Bonchev–Trinajstić information content (AvgIpc) is 3.86. The van der Waals surface area contributed by atoms with Crippen LogP contribution in [0.1, 0.15) is 82.5 Å². The number of halogens is 3. The Hall–Kier alpha value is -4.13. The Bertz CT molecular complexity index is 2390. The highest BCUT2D eigenvalue weighted by Gasteiger charge is 2.24. The van der Waals surface area contributed by atoms with E-state index in [1.165, 1.54) is 74.7 Å². The van der Waals surface area contributed by atoms with Crippen molar-refractivity contribution in [2.75, 3.05) is 28.4 Å². The molecule has 0 unspecified atom stereocenters. The lowest BCUT2D eigenvalue weighted by Crippen LogP contribution is -2.24. The van der Waals surface area contributed by atoms with Gasteiger partial charge in [0.1, 0.15) is 11.5 Å². The molecular formula is C50H57Br2ClN4O4. The van der Waals surface area contributed by atoms with Gasteiger partial charge in [0, 0.05) is 80.9 Å². The van der Waals surface area contributed by atoms with Crippen molar-refractivity contribution in [2.24, 2.45) is 5.73 Å². The molecule has 0 aliphatic heterocycles. The molecule has 0 fully saturated rings. The first-order valence-electron chi connectivity index (χ1n) is 20.7. The van der Waals surface area contributed by atoms with E-state index in [0.29, 0.717) is 25.1 Å². The summed E-state index contributed by atoms with van der Waals surface area (Å²) in [5.74, 6) is 2.31. The van der Waals surface area contributed by atoms with Gasteiger partial charge in [0.2, 0.25) is 0 Å². The number of methoxy groups -OCH3 is 4. The molecule has 9 rings (SSSR count). The summed E-state index contributed by atoms with van der Waals surface area (Å²) in [7, 11) is 6.72. The van der Waals surface area contributed by atoms with E-state index in [0.717, 1.165) is 57.4 Å². The highest BCUT2D eigenvalue weighted by atomic mass is 79.9. The first kappa shape index (κ1) is 46.4. The topological polar surface area (TPSA) is 107 Å². The Morgan fingerprint density at radius 1 is 0.607 bits per heavy atom. The molecule has 2 aromatic heterocycles. The van der Waals surface area contributed by atoms with Crippen LogP contribution in [0.3, 0.4) is 0 Å². The van der Waals surface area contributed by atoms with E-state index >= 15 is 0 Å². The number of fused-ring (bicyclic) bond motifs is 6. The molecule has 0 radical (unpaired) electrons. The fourth-order valence-electron chi connectivity index (χ4n) is 7.87. The van der Waals surface area contributed by atoms with Gasteiger partial charge in [-0.2, -0.15) is 0 Å². The summed E-state index contributed by atoms with van der Waals surface area (Å²) >= 11 is 12.7. The third-order valence-corrected chi connectivity index (χ3v) is 12.3. The molecule has 0 spiro atoms.